The summed E-state index contributed by atoms with van der Waals surface area (Å²) in [7, 11) is 0. The van der Waals surface area contributed by atoms with Crippen LogP contribution in [0.1, 0.15) is 26.2 Å². The van der Waals surface area contributed by atoms with Gasteiger partial charge in [-0.3, -0.25) is 9.59 Å². The zero-order valence-corrected chi connectivity index (χ0v) is 11.1. The van der Waals surface area contributed by atoms with Crippen LogP contribution in [0, 0.1) is 11.8 Å². The number of piperidine rings is 1. The second kappa shape index (κ2) is 5.55. The van der Waals surface area contributed by atoms with Crippen LogP contribution in [0.5, 0.6) is 0 Å². The number of hydrogen-bond donors (Lipinski definition) is 0. The third-order valence-electron chi connectivity index (χ3n) is 3.88. The van der Waals surface area contributed by atoms with Gasteiger partial charge in [-0.25, -0.2) is 0 Å². The molecule has 2 aliphatic rings. The Kier molecular flexibility index (Phi) is 4.04. The van der Waals surface area contributed by atoms with Gasteiger partial charge in [0.1, 0.15) is 0 Å². The standard InChI is InChI=1S/C14H22N2O2/c1-3-6-15-10-12(8-13(15)17)14(18)16-7-4-5-11(2)9-16/h3,11-12H,1,4-10H2,2H3. The topological polar surface area (TPSA) is 40.6 Å². The van der Waals surface area contributed by atoms with E-state index in [2.05, 4.69) is 13.5 Å². The molecule has 0 spiro atoms. The highest BCUT2D eigenvalue weighted by molar-refractivity contribution is 5.89. The average Bonchev–Trinajstić information content (AvgIpc) is 2.71. The Hall–Kier alpha value is -1.32. The molecule has 18 heavy (non-hydrogen) atoms. The summed E-state index contributed by atoms with van der Waals surface area (Å²) < 4.78 is 0. The largest absolute Gasteiger partial charge is 0.342 e. The molecule has 2 saturated heterocycles. The van der Waals surface area contributed by atoms with Gasteiger partial charge in [-0.15, -0.1) is 6.58 Å². The minimum absolute atomic E-state index is 0.0818. The maximum atomic E-state index is 12.4. The molecule has 2 atom stereocenters. The van der Waals surface area contributed by atoms with Crippen molar-refractivity contribution in [1.29, 1.82) is 0 Å². The van der Waals surface area contributed by atoms with E-state index in [0.29, 0.717) is 25.4 Å². The number of carbonyl (C=O) groups excluding carboxylic acids is 2. The summed E-state index contributed by atoms with van der Waals surface area (Å²) in [6.45, 7) is 8.65. The number of hydrogen-bond acceptors (Lipinski definition) is 2. The number of rotatable bonds is 3. The zero-order valence-electron chi connectivity index (χ0n) is 11.1. The van der Waals surface area contributed by atoms with Crippen LogP contribution in [0.2, 0.25) is 0 Å². The molecule has 0 aliphatic carbocycles. The molecule has 0 saturated carbocycles. The van der Waals surface area contributed by atoms with Gasteiger partial charge in [-0.05, 0) is 18.8 Å². The lowest BCUT2D eigenvalue weighted by Crippen LogP contribution is -2.43. The monoisotopic (exact) mass is 250 g/mol. The lowest BCUT2D eigenvalue weighted by atomic mass is 9.98. The zero-order chi connectivity index (χ0) is 13.1. The van der Waals surface area contributed by atoms with Gasteiger partial charge in [-0.2, -0.15) is 0 Å². The molecule has 4 heteroatoms. The van der Waals surface area contributed by atoms with Gasteiger partial charge in [0, 0.05) is 32.6 Å². The first kappa shape index (κ1) is 13.1. The molecule has 2 aliphatic heterocycles. The van der Waals surface area contributed by atoms with Gasteiger partial charge in [0.05, 0.1) is 5.92 Å². The third kappa shape index (κ3) is 2.74. The number of amides is 2. The lowest BCUT2D eigenvalue weighted by Gasteiger charge is -2.32. The fourth-order valence-electron chi connectivity index (χ4n) is 2.92. The Morgan fingerprint density at radius 1 is 1.50 bits per heavy atom. The second-order valence-electron chi connectivity index (χ2n) is 5.52. The van der Waals surface area contributed by atoms with Crippen LogP contribution in [0.3, 0.4) is 0 Å². The van der Waals surface area contributed by atoms with Gasteiger partial charge in [0.2, 0.25) is 11.8 Å². The Morgan fingerprint density at radius 2 is 2.28 bits per heavy atom. The molecule has 2 heterocycles. The van der Waals surface area contributed by atoms with E-state index in [1.165, 1.54) is 6.42 Å². The quantitative estimate of drug-likeness (QED) is 0.708. The van der Waals surface area contributed by atoms with Gasteiger partial charge in [0.15, 0.2) is 0 Å². The summed E-state index contributed by atoms with van der Waals surface area (Å²) in [5.74, 6) is 0.701. The molecule has 0 aromatic rings. The molecule has 0 radical (unpaired) electrons. The molecule has 100 valence electrons. The Morgan fingerprint density at radius 3 is 2.94 bits per heavy atom. The van der Waals surface area contributed by atoms with E-state index >= 15 is 0 Å². The summed E-state index contributed by atoms with van der Waals surface area (Å²) >= 11 is 0. The van der Waals surface area contributed by atoms with Crippen LogP contribution in [-0.4, -0.2) is 47.8 Å². The van der Waals surface area contributed by atoms with Crippen molar-refractivity contribution >= 4 is 11.8 Å². The molecule has 2 amide bonds. The maximum absolute atomic E-state index is 12.4. The van der Waals surface area contributed by atoms with Crippen LogP contribution in [-0.2, 0) is 9.59 Å². The first-order valence-corrected chi connectivity index (χ1v) is 6.79. The Balaban J connectivity index is 1.94. The van der Waals surface area contributed by atoms with Crippen molar-refractivity contribution in [3.05, 3.63) is 12.7 Å². The molecule has 2 unspecified atom stereocenters. The van der Waals surface area contributed by atoms with E-state index < -0.39 is 0 Å². The van der Waals surface area contributed by atoms with Crippen molar-refractivity contribution in [2.24, 2.45) is 11.8 Å². The van der Waals surface area contributed by atoms with Gasteiger partial charge >= 0.3 is 0 Å². The minimum Gasteiger partial charge on any atom is -0.342 e. The molecular formula is C14H22N2O2. The molecule has 2 fully saturated rings. The molecule has 0 aromatic heterocycles. The maximum Gasteiger partial charge on any atom is 0.228 e. The third-order valence-corrected chi connectivity index (χ3v) is 3.88. The summed E-state index contributed by atoms with van der Waals surface area (Å²) in [5.41, 5.74) is 0. The van der Waals surface area contributed by atoms with Gasteiger partial charge < -0.3 is 9.80 Å². The summed E-state index contributed by atoms with van der Waals surface area (Å²) in [6, 6.07) is 0. The van der Waals surface area contributed by atoms with E-state index in [9.17, 15) is 9.59 Å². The fraction of sp³-hybridized carbons (Fsp3) is 0.714. The van der Waals surface area contributed by atoms with Crippen LogP contribution >= 0.6 is 0 Å². The number of nitrogens with zero attached hydrogens (tertiary/aromatic N) is 2. The van der Waals surface area contributed by atoms with Crippen molar-refractivity contribution in [3.8, 4) is 0 Å². The predicted molar refractivity (Wildman–Crippen MR) is 69.9 cm³/mol. The molecule has 0 aromatic carbocycles. The van der Waals surface area contributed by atoms with Crippen LogP contribution < -0.4 is 0 Å². The Bertz CT molecular complexity index is 354. The average molecular weight is 250 g/mol. The Labute approximate surface area is 109 Å². The van der Waals surface area contributed by atoms with Crippen LogP contribution in [0.4, 0.5) is 0 Å². The SMILES string of the molecule is C=CCN1CC(C(=O)N2CCCC(C)C2)CC1=O. The van der Waals surface area contributed by atoms with Crippen LogP contribution in [0.15, 0.2) is 12.7 Å². The summed E-state index contributed by atoms with van der Waals surface area (Å²) in [4.78, 5) is 27.8. The van der Waals surface area contributed by atoms with E-state index in [1.807, 2.05) is 4.90 Å². The molecule has 4 nitrogen and oxygen atoms in total. The summed E-state index contributed by atoms with van der Waals surface area (Å²) in [6.07, 6.45) is 4.38. The van der Waals surface area contributed by atoms with E-state index in [-0.39, 0.29) is 17.7 Å². The van der Waals surface area contributed by atoms with Gasteiger partial charge in [-0.1, -0.05) is 13.0 Å². The molecule has 0 N–H and O–H groups in total. The highest BCUT2D eigenvalue weighted by Gasteiger charge is 2.36. The molecule has 2 rings (SSSR count). The van der Waals surface area contributed by atoms with Crippen LogP contribution in [0.25, 0.3) is 0 Å². The number of carbonyl (C=O) groups is 2. The van der Waals surface area contributed by atoms with Crippen molar-refractivity contribution in [2.75, 3.05) is 26.2 Å². The van der Waals surface area contributed by atoms with E-state index in [4.69, 9.17) is 0 Å². The number of likely N-dealkylation sites (tertiary alicyclic amines) is 2. The first-order valence-electron chi connectivity index (χ1n) is 6.79. The predicted octanol–water partition coefficient (Wildman–Crippen LogP) is 1.28. The highest BCUT2D eigenvalue weighted by Crippen LogP contribution is 2.23. The van der Waals surface area contributed by atoms with Crippen molar-refractivity contribution < 1.29 is 9.59 Å². The van der Waals surface area contributed by atoms with Crippen molar-refractivity contribution in [1.82, 2.24) is 9.80 Å². The van der Waals surface area contributed by atoms with Crippen molar-refractivity contribution in [3.63, 3.8) is 0 Å². The summed E-state index contributed by atoms with van der Waals surface area (Å²) in [5, 5.41) is 0. The normalized spacial score (nSPS) is 28.6. The lowest BCUT2D eigenvalue weighted by molar-refractivity contribution is -0.137. The van der Waals surface area contributed by atoms with E-state index in [1.54, 1.807) is 11.0 Å². The second-order valence-corrected chi connectivity index (χ2v) is 5.52. The minimum atomic E-state index is -0.136. The highest BCUT2D eigenvalue weighted by atomic mass is 16.2. The molecular weight excluding hydrogens is 228 g/mol. The van der Waals surface area contributed by atoms with Gasteiger partial charge in [0.25, 0.3) is 0 Å². The van der Waals surface area contributed by atoms with E-state index in [0.717, 1.165) is 19.5 Å². The first-order chi connectivity index (χ1) is 8.61. The molecule has 0 bridgehead atoms. The van der Waals surface area contributed by atoms with Crippen molar-refractivity contribution in [2.45, 2.75) is 26.2 Å². The smallest absolute Gasteiger partial charge is 0.228 e. The fourth-order valence-corrected chi connectivity index (χ4v) is 2.92.